The van der Waals surface area contributed by atoms with Gasteiger partial charge in [-0.1, -0.05) is 52.8 Å². The van der Waals surface area contributed by atoms with Gasteiger partial charge in [0.05, 0.1) is 11.0 Å². The Morgan fingerprint density at radius 2 is 1.55 bits per heavy atom. The second-order valence-electron chi connectivity index (χ2n) is 13.2. The number of fused-ring (bicyclic) bond motifs is 1. The van der Waals surface area contributed by atoms with Crippen LogP contribution in [0.1, 0.15) is 94.9 Å². The Balaban J connectivity index is 0.00000246. The lowest BCUT2D eigenvalue weighted by atomic mass is 10.1. The summed E-state index contributed by atoms with van der Waals surface area (Å²) in [4.78, 5) is 35.3. The minimum absolute atomic E-state index is 0.0795. The maximum Gasteiger partial charge on any atom is 0.253 e. The maximum atomic E-state index is 13.8. The third-order valence-electron chi connectivity index (χ3n) is 7.75. The van der Waals surface area contributed by atoms with Crippen LogP contribution in [0.3, 0.4) is 0 Å². The summed E-state index contributed by atoms with van der Waals surface area (Å²) in [5, 5.41) is 6.14. The van der Waals surface area contributed by atoms with Crippen molar-refractivity contribution in [2.45, 2.75) is 80.7 Å². The topological polar surface area (TPSA) is 82.5 Å². The van der Waals surface area contributed by atoms with E-state index in [1.54, 1.807) is 25.3 Å². The molecule has 0 unspecified atom stereocenters. The van der Waals surface area contributed by atoms with E-state index in [1.165, 1.54) is 0 Å². The van der Waals surface area contributed by atoms with Crippen LogP contribution >= 0.6 is 0 Å². The highest BCUT2D eigenvalue weighted by molar-refractivity contribution is 5.98. The molecule has 3 rings (SSSR count). The van der Waals surface area contributed by atoms with E-state index >= 15 is 0 Å². The lowest BCUT2D eigenvalue weighted by Gasteiger charge is -2.25. The van der Waals surface area contributed by atoms with Crippen molar-refractivity contribution in [2.24, 2.45) is 11.8 Å². The molecule has 0 aliphatic rings. The van der Waals surface area contributed by atoms with E-state index in [2.05, 4.69) is 74.8 Å². The molecule has 0 fully saturated rings. The van der Waals surface area contributed by atoms with Gasteiger partial charge in [-0.05, 0) is 100 Å². The summed E-state index contributed by atoms with van der Waals surface area (Å²) in [5.74, 6) is 1.74. The maximum absolute atomic E-state index is 13.8. The molecule has 0 spiro atoms. The minimum Gasteiger partial charge on any atom is -0.355 e. The van der Waals surface area contributed by atoms with Crippen molar-refractivity contribution in [2.75, 3.05) is 45.1 Å². The van der Waals surface area contributed by atoms with E-state index in [9.17, 15) is 9.59 Å². The van der Waals surface area contributed by atoms with Crippen LogP contribution in [0.5, 0.6) is 0 Å². The number of hydrogen-bond acceptors (Lipinski definition) is 5. The summed E-state index contributed by atoms with van der Waals surface area (Å²) in [5.41, 5.74) is 5.08. The van der Waals surface area contributed by atoms with Gasteiger partial charge >= 0.3 is 0 Å². The number of carbonyl (C=O) groups excluding carboxylic acids is 2. The summed E-state index contributed by atoms with van der Waals surface area (Å²) >= 11 is 0. The predicted octanol–water partition coefficient (Wildman–Crippen LogP) is 8.54. The van der Waals surface area contributed by atoms with Crippen molar-refractivity contribution in [3.05, 3.63) is 78.4 Å². The van der Waals surface area contributed by atoms with Gasteiger partial charge in [0.15, 0.2) is 0 Å². The molecule has 0 radical (unpaired) electrons. The standard InChI is InChI=1S/C36H54N6O2.C3H6/c1-9-19-40(25-28(6)7)20-10-21-42-33-24-30(35(44)41(22-17-26(2)3)23-18-27(4)5)13-16-32(33)39-36(42)38-31-14-11-29(12-15-31)34(43)37-8;1-3-2/h11-16,24,26-27H,6,9-10,17-23,25H2,1-5,7-8H3,(H,37,43)(H,38,39);3H,1H2,2H3. The summed E-state index contributed by atoms with van der Waals surface area (Å²) in [6, 6.07) is 13.3. The summed E-state index contributed by atoms with van der Waals surface area (Å²) in [6.07, 6.45) is 5.73. The number of rotatable bonds is 18. The molecule has 2 N–H and O–H groups in total. The number of amides is 2. The van der Waals surface area contributed by atoms with E-state index in [-0.39, 0.29) is 11.8 Å². The Hall–Kier alpha value is -3.91. The molecule has 47 heavy (non-hydrogen) atoms. The Labute approximate surface area is 284 Å². The second-order valence-corrected chi connectivity index (χ2v) is 13.2. The number of anilines is 2. The first kappa shape index (κ1) is 39.3. The van der Waals surface area contributed by atoms with E-state index < -0.39 is 0 Å². The van der Waals surface area contributed by atoms with Gasteiger partial charge in [0, 0.05) is 56.6 Å². The SMILES string of the molecule is C=C(C)CN(CCC)CCCn1c(Nc2ccc(C(=O)NC)cc2)nc2ccc(C(=O)N(CCC(C)C)CCC(C)C)cc21.C=CC. The van der Waals surface area contributed by atoms with Gasteiger partial charge in [0.2, 0.25) is 5.95 Å². The van der Waals surface area contributed by atoms with E-state index in [0.717, 1.165) is 93.2 Å². The smallest absolute Gasteiger partial charge is 0.253 e. The number of benzene rings is 2. The number of carbonyl (C=O) groups is 2. The van der Waals surface area contributed by atoms with Gasteiger partial charge in [-0.15, -0.1) is 6.58 Å². The third kappa shape index (κ3) is 13.0. The number of aryl methyl sites for hydroxylation is 1. The lowest BCUT2D eigenvalue weighted by molar-refractivity contribution is 0.0740. The van der Waals surface area contributed by atoms with Crippen LogP contribution in [0.15, 0.2) is 67.3 Å². The van der Waals surface area contributed by atoms with Crippen molar-refractivity contribution in [3.8, 4) is 0 Å². The first-order valence-electron chi connectivity index (χ1n) is 17.3. The second kappa shape index (κ2) is 20.4. The van der Waals surface area contributed by atoms with Crippen LogP contribution in [0, 0.1) is 11.8 Å². The van der Waals surface area contributed by atoms with Crippen molar-refractivity contribution in [1.29, 1.82) is 0 Å². The molecule has 2 aromatic carbocycles. The van der Waals surface area contributed by atoms with Gasteiger partial charge in [-0.25, -0.2) is 4.98 Å². The van der Waals surface area contributed by atoms with Crippen LogP contribution in [0.25, 0.3) is 11.0 Å². The van der Waals surface area contributed by atoms with Crippen LogP contribution in [0.4, 0.5) is 11.6 Å². The highest BCUT2D eigenvalue weighted by atomic mass is 16.2. The Bertz CT molecular complexity index is 1410. The molecule has 258 valence electrons. The van der Waals surface area contributed by atoms with Gasteiger partial charge in [-0.2, -0.15) is 0 Å². The van der Waals surface area contributed by atoms with Gasteiger partial charge in [0.1, 0.15) is 0 Å². The first-order chi connectivity index (χ1) is 22.4. The molecular formula is C39H60N6O2. The van der Waals surface area contributed by atoms with Gasteiger partial charge in [-0.3, -0.25) is 14.5 Å². The van der Waals surface area contributed by atoms with E-state index in [1.807, 2.05) is 42.2 Å². The normalized spacial score (nSPS) is 11.0. The number of allylic oxidation sites excluding steroid dienone is 1. The molecular weight excluding hydrogens is 584 g/mol. The fourth-order valence-electron chi connectivity index (χ4n) is 5.30. The molecule has 3 aromatic rings. The van der Waals surface area contributed by atoms with Crippen LogP contribution in [-0.2, 0) is 6.54 Å². The minimum atomic E-state index is -0.122. The molecule has 0 bridgehead atoms. The van der Waals surface area contributed by atoms with Crippen molar-refractivity contribution < 1.29 is 9.59 Å². The molecule has 1 heterocycles. The molecule has 0 aliphatic heterocycles. The van der Waals surface area contributed by atoms with Crippen molar-refractivity contribution in [3.63, 3.8) is 0 Å². The predicted molar refractivity (Wildman–Crippen MR) is 200 cm³/mol. The van der Waals surface area contributed by atoms with E-state index in [0.29, 0.717) is 23.0 Å². The zero-order chi connectivity index (χ0) is 34.9. The lowest BCUT2D eigenvalue weighted by Crippen LogP contribution is -2.34. The molecule has 8 nitrogen and oxygen atoms in total. The Morgan fingerprint density at radius 3 is 2.09 bits per heavy atom. The van der Waals surface area contributed by atoms with Crippen LogP contribution < -0.4 is 10.6 Å². The zero-order valence-electron chi connectivity index (χ0n) is 30.4. The quantitative estimate of drug-likeness (QED) is 0.136. The monoisotopic (exact) mass is 644 g/mol. The fraction of sp³-hybridized carbons (Fsp3) is 0.513. The highest BCUT2D eigenvalue weighted by Gasteiger charge is 2.20. The molecule has 8 heteroatoms. The Kier molecular flexibility index (Phi) is 17.0. The third-order valence-corrected chi connectivity index (χ3v) is 7.75. The highest BCUT2D eigenvalue weighted by Crippen LogP contribution is 2.26. The molecule has 0 atom stereocenters. The number of nitrogens with zero attached hydrogens (tertiary/aromatic N) is 4. The molecule has 0 saturated carbocycles. The molecule has 2 amide bonds. The van der Waals surface area contributed by atoms with E-state index in [4.69, 9.17) is 4.98 Å². The first-order valence-corrected chi connectivity index (χ1v) is 17.3. The Morgan fingerprint density at radius 1 is 0.957 bits per heavy atom. The zero-order valence-corrected chi connectivity index (χ0v) is 30.4. The summed E-state index contributed by atoms with van der Waals surface area (Å²) in [7, 11) is 1.63. The molecule has 1 aromatic heterocycles. The number of nitrogens with one attached hydrogen (secondary N) is 2. The summed E-state index contributed by atoms with van der Waals surface area (Å²) < 4.78 is 2.19. The number of hydrogen-bond donors (Lipinski definition) is 2. The van der Waals surface area contributed by atoms with Crippen molar-refractivity contribution >= 4 is 34.5 Å². The average molecular weight is 645 g/mol. The largest absolute Gasteiger partial charge is 0.355 e. The van der Waals surface area contributed by atoms with Crippen molar-refractivity contribution in [1.82, 2.24) is 24.7 Å². The number of imidazole rings is 1. The van der Waals surface area contributed by atoms with Gasteiger partial charge < -0.3 is 20.1 Å². The van der Waals surface area contributed by atoms with Crippen LogP contribution in [-0.4, -0.2) is 70.9 Å². The van der Waals surface area contributed by atoms with Gasteiger partial charge in [0.25, 0.3) is 11.8 Å². The summed E-state index contributed by atoms with van der Waals surface area (Å²) in [6.45, 7) is 27.6. The molecule has 0 aliphatic carbocycles. The number of aromatic nitrogens is 2. The van der Waals surface area contributed by atoms with Crippen LogP contribution in [0.2, 0.25) is 0 Å². The molecule has 0 saturated heterocycles. The average Bonchev–Trinajstić information content (AvgIpc) is 3.36. The fourth-order valence-corrected chi connectivity index (χ4v) is 5.30.